The summed E-state index contributed by atoms with van der Waals surface area (Å²) in [5.41, 5.74) is 9.11. The molecular weight excluding hydrogens is 253 g/mol. The summed E-state index contributed by atoms with van der Waals surface area (Å²) in [6.07, 6.45) is 4.15. The molecule has 0 saturated carbocycles. The molecule has 2 N–H and O–H groups in total. The summed E-state index contributed by atoms with van der Waals surface area (Å²) in [7, 11) is 0. The highest BCUT2D eigenvalue weighted by atomic mass is 19.1. The van der Waals surface area contributed by atoms with Gasteiger partial charge in [-0.3, -0.25) is 4.98 Å². The first kappa shape index (κ1) is 12.5. The Morgan fingerprint density at radius 1 is 1.20 bits per heavy atom. The van der Waals surface area contributed by atoms with Crippen LogP contribution in [0.1, 0.15) is 12.5 Å². The largest absolute Gasteiger partial charge is 0.383 e. The number of pyridine rings is 2. The second kappa shape index (κ2) is 4.89. The van der Waals surface area contributed by atoms with Crippen LogP contribution in [-0.2, 0) is 6.42 Å². The zero-order valence-electron chi connectivity index (χ0n) is 11.1. The molecule has 1 aromatic carbocycles. The SMILES string of the molecule is CCc1cc(-c2cc(F)cc3cccnc23)cnc1N. The van der Waals surface area contributed by atoms with Gasteiger partial charge in [-0.25, -0.2) is 9.37 Å². The highest BCUT2D eigenvalue weighted by Crippen LogP contribution is 2.29. The van der Waals surface area contributed by atoms with Crippen LogP contribution < -0.4 is 5.73 Å². The number of hydrogen-bond donors (Lipinski definition) is 1. The first-order chi connectivity index (χ1) is 9.69. The monoisotopic (exact) mass is 267 g/mol. The number of fused-ring (bicyclic) bond motifs is 1. The molecule has 0 atom stereocenters. The fourth-order valence-electron chi connectivity index (χ4n) is 2.33. The van der Waals surface area contributed by atoms with E-state index in [1.807, 2.05) is 19.1 Å². The van der Waals surface area contributed by atoms with Crippen molar-refractivity contribution in [2.75, 3.05) is 5.73 Å². The van der Waals surface area contributed by atoms with Crippen molar-refractivity contribution >= 4 is 16.7 Å². The van der Waals surface area contributed by atoms with Crippen LogP contribution in [0.4, 0.5) is 10.2 Å². The summed E-state index contributed by atoms with van der Waals surface area (Å²) in [6, 6.07) is 8.56. The van der Waals surface area contributed by atoms with Crippen LogP contribution in [0.15, 0.2) is 42.7 Å². The van der Waals surface area contributed by atoms with Crippen molar-refractivity contribution < 1.29 is 4.39 Å². The average Bonchev–Trinajstić information content (AvgIpc) is 2.47. The molecule has 0 radical (unpaired) electrons. The van der Waals surface area contributed by atoms with Gasteiger partial charge in [0, 0.05) is 28.9 Å². The van der Waals surface area contributed by atoms with Gasteiger partial charge in [-0.05, 0) is 36.2 Å². The fraction of sp³-hybridized carbons (Fsp3) is 0.125. The lowest BCUT2D eigenvalue weighted by molar-refractivity contribution is 0.630. The highest BCUT2D eigenvalue weighted by molar-refractivity contribution is 5.93. The van der Waals surface area contributed by atoms with Gasteiger partial charge in [0.2, 0.25) is 0 Å². The number of nitrogens with zero attached hydrogens (tertiary/aromatic N) is 2. The van der Waals surface area contributed by atoms with Crippen molar-refractivity contribution in [2.24, 2.45) is 0 Å². The molecule has 0 bridgehead atoms. The third-order valence-corrected chi connectivity index (χ3v) is 3.36. The number of nitrogen functional groups attached to an aromatic ring is 1. The highest BCUT2D eigenvalue weighted by Gasteiger charge is 2.10. The number of hydrogen-bond acceptors (Lipinski definition) is 3. The van der Waals surface area contributed by atoms with E-state index < -0.39 is 0 Å². The normalized spacial score (nSPS) is 10.9. The molecule has 0 spiro atoms. The molecule has 0 aliphatic heterocycles. The van der Waals surface area contributed by atoms with Gasteiger partial charge >= 0.3 is 0 Å². The van der Waals surface area contributed by atoms with Crippen LogP contribution in [0.2, 0.25) is 0 Å². The van der Waals surface area contributed by atoms with Crippen molar-refractivity contribution in [3.8, 4) is 11.1 Å². The molecule has 0 saturated heterocycles. The lowest BCUT2D eigenvalue weighted by atomic mass is 10.0. The average molecular weight is 267 g/mol. The molecule has 20 heavy (non-hydrogen) atoms. The minimum atomic E-state index is -0.282. The Hall–Kier alpha value is -2.49. The summed E-state index contributed by atoms with van der Waals surface area (Å²) in [4.78, 5) is 8.54. The fourth-order valence-corrected chi connectivity index (χ4v) is 2.33. The van der Waals surface area contributed by atoms with E-state index in [0.717, 1.165) is 34.0 Å². The zero-order chi connectivity index (χ0) is 14.1. The van der Waals surface area contributed by atoms with Gasteiger partial charge in [-0.15, -0.1) is 0 Å². The number of rotatable bonds is 2. The second-order valence-corrected chi connectivity index (χ2v) is 4.65. The van der Waals surface area contributed by atoms with Gasteiger partial charge < -0.3 is 5.73 Å². The number of aryl methyl sites for hydroxylation is 1. The first-order valence-corrected chi connectivity index (χ1v) is 6.48. The van der Waals surface area contributed by atoms with E-state index in [4.69, 9.17) is 5.73 Å². The number of aromatic nitrogens is 2. The lowest BCUT2D eigenvalue weighted by Crippen LogP contribution is -1.97. The van der Waals surface area contributed by atoms with Crippen molar-refractivity contribution in [3.63, 3.8) is 0 Å². The van der Waals surface area contributed by atoms with E-state index in [-0.39, 0.29) is 5.82 Å². The van der Waals surface area contributed by atoms with E-state index in [9.17, 15) is 4.39 Å². The van der Waals surface area contributed by atoms with Crippen LogP contribution in [0.5, 0.6) is 0 Å². The Balaban J connectivity index is 2.28. The van der Waals surface area contributed by atoms with E-state index in [1.165, 1.54) is 12.1 Å². The predicted molar refractivity (Wildman–Crippen MR) is 78.7 cm³/mol. The van der Waals surface area contributed by atoms with Crippen molar-refractivity contribution in [2.45, 2.75) is 13.3 Å². The molecule has 0 aliphatic carbocycles. The summed E-state index contributed by atoms with van der Waals surface area (Å²) in [6.45, 7) is 2.01. The Bertz CT molecular complexity index is 784. The molecule has 4 heteroatoms. The Morgan fingerprint density at radius 3 is 2.85 bits per heavy atom. The van der Waals surface area contributed by atoms with Crippen molar-refractivity contribution in [3.05, 3.63) is 54.1 Å². The third-order valence-electron chi connectivity index (χ3n) is 3.36. The van der Waals surface area contributed by atoms with E-state index in [1.54, 1.807) is 18.5 Å². The summed E-state index contributed by atoms with van der Waals surface area (Å²) in [5, 5.41) is 0.775. The van der Waals surface area contributed by atoms with Crippen LogP contribution >= 0.6 is 0 Å². The third kappa shape index (κ3) is 2.09. The number of benzene rings is 1. The molecular formula is C16H14FN3. The lowest BCUT2D eigenvalue weighted by Gasteiger charge is -2.09. The maximum atomic E-state index is 13.8. The molecule has 0 fully saturated rings. The molecule has 0 aliphatic rings. The molecule has 100 valence electrons. The molecule has 0 unspecified atom stereocenters. The molecule has 0 amide bonds. The molecule has 2 heterocycles. The summed E-state index contributed by atoms with van der Waals surface area (Å²) in [5.74, 6) is 0.236. The van der Waals surface area contributed by atoms with E-state index in [2.05, 4.69) is 9.97 Å². The quantitative estimate of drug-likeness (QED) is 0.772. The smallest absolute Gasteiger partial charge is 0.126 e. The number of anilines is 1. The Kier molecular flexibility index (Phi) is 3.06. The maximum absolute atomic E-state index is 13.8. The van der Waals surface area contributed by atoms with Crippen molar-refractivity contribution in [1.29, 1.82) is 0 Å². The topological polar surface area (TPSA) is 51.8 Å². The molecule has 3 aromatic rings. The van der Waals surface area contributed by atoms with E-state index >= 15 is 0 Å². The van der Waals surface area contributed by atoms with Gasteiger partial charge in [0.05, 0.1) is 5.52 Å². The van der Waals surface area contributed by atoms with Gasteiger partial charge in [-0.1, -0.05) is 13.0 Å². The maximum Gasteiger partial charge on any atom is 0.126 e. The zero-order valence-corrected chi connectivity index (χ0v) is 11.1. The second-order valence-electron chi connectivity index (χ2n) is 4.65. The standard InChI is InChI=1S/C16H14FN3/c1-2-10-6-12(9-20-16(10)18)14-8-13(17)7-11-4-3-5-19-15(11)14/h3-9H,2H2,1H3,(H2,18,20). The predicted octanol–water partition coefficient (Wildman–Crippen LogP) is 3.58. The number of nitrogens with two attached hydrogens (primary N) is 1. The number of halogens is 1. The molecule has 2 aromatic heterocycles. The first-order valence-electron chi connectivity index (χ1n) is 6.48. The molecule has 3 rings (SSSR count). The van der Waals surface area contributed by atoms with Crippen LogP contribution in [0.3, 0.4) is 0 Å². The van der Waals surface area contributed by atoms with Crippen LogP contribution in [0, 0.1) is 5.82 Å². The van der Waals surface area contributed by atoms with Gasteiger partial charge in [0.15, 0.2) is 0 Å². The summed E-state index contributed by atoms with van der Waals surface area (Å²) >= 11 is 0. The van der Waals surface area contributed by atoms with Crippen molar-refractivity contribution in [1.82, 2.24) is 9.97 Å². The Morgan fingerprint density at radius 2 is 2.05 bits per heavy atom. The Labute approximate surface area is 116 Å². The molecule has 3 nitrogen and oxygen atoms in total. The minimum Gasteiger partial charge on any atom is -0.383 e. The van der Waals surface area contributed by atoms with Crippen LogP contribution in [0.25, 0.3) is 22.0 Å². The van der Waals surface area contributed by atoms with E-state index in [0.29, 0.717) is 5.82 Å². The minimum absolute atomic E-state index is 0.282. The van der Waals surface area contributed by atoms with Gasteiger partial charge in [-0.2, -0.15) is 0 Å². The van der Waals surface area contributed by atoms with Gasteiger partial charge in [0.1, 0.15) is 11.6 Å². The van der Waals surface area contributed by atoms with Crippen LogP contribution in [-0.4, -0.2) is 9.97 Å². The van der Waals surface area contributed by atoms with Gasteiger partial charge in [0.25, 0.3) is 0 Å². The summed E-state index contributed by atoms with van der Waals surface area (Å²) < 4.78 is 13.8.